The summed E-state index contributed by atoms with van der Waals surface area (Å²) in [4.78, 5) is 24.0. The van der Waals surface area contributed by atoms with Crippen LogP contribution in [-0.2, 0) is 16.1 Å². The van der Waals surface area contributed by atoms with Gasteiger partial charge in [0.05, 0.1) is 11.8 Å². The van der Waals surface area contributed by atoms with Crippen LogP contribution in [0.3, 0.4) is 0 Å². The van der Waals surface area contributed by atoms with Gasteiger partial charge in [0.2, 0.25) is 5.91 Å². The van der Waals surface area contributed by atoms with Crippen molar-refractivity contribution in [1.29, 1.82) is 0 Å². The molecule has 1 saturated heterocycles. The summed E-state index contributed by atoms with van der Waals surface area (Å²) in [5.74, 6) is -0.280. The van der Waals surface area contributed by atoms with Gasteiger partial charge in [-0.05, 0) is 35.4 Å². The number of carbonyl (C=O) groups is 1. The number of benzene rings is 1. The molecule has 1 aromatic carbocycles. The number of para-hydroxylation sites is 1. The van der Waals surface area contributed by atoms with E-state index in [9.17, 15) is 9.59 Å². The molecule has 1 fully saturated rings. The summed E-state index contributed by atoms with van der Waals surface area (Å²) in [6.45, 7) is 1.05. The van der Waals surface area contributed by atoms with Crippen LogP contribution < -0.4 is 11.0 Å². The maximum absolute atomic E-state index is 12.2. The van der Waals surface area contributed by atoms with Crippen LogP contribution >= 0.6 is 0 Å². The fraction of sp³-hybridized carbons (Fsp3) is 0.429. The Morgan fingerprint density at radius 3 is 2.86 bits per heavy atom. The first-order valence-corrected chi connectivity index (χ1v) is 7.20. The maximum atomic E-state index is 12.2. The average molecular weight is 303 g/mol. The highest BCUT2D eigenvalue weighted by Crippen LogP contribution is 2.10. The maximum Gasteiger partial charge on any atom is 0.368 e. The fourth-order valence-corrected chi connectivity index (χ4v) is 2.33. The molecular weight excluding hydrogens is 286 g/mol. The second-order valence-corrected chi connectivity index (χ2v) is 5.11. The first-order chi connectivity index (χ1) is 10.7. The Balaban J connectivity index is 1.62. The zero-order valence-electron chi connectivity index (χ0n) is 12.0. The van der Waals surface area contributed by atoms with Crippen LogP contribution in [0.25, 0.3) is 5.69 Å². The number of ether oxygens (including phenoxy) is 1. The minimum atomic E-state index is -0.446. The molecule has 1 aliphatic rings. The highest BCUT2D eigenvalue weighted by Gasteiger charge is 2.17. The van der Waals surface area contributed by atoms with E-state index in [0.717, 1.165) is 28.8 Å². The molecule has 3 rings (SSSR count). The van der Waals surface area contributed by atoms with Gasteiger partial charge in [-0.25, -0.2) is 4.79 Å². The number of carbonyl (C=O) groups excluding carboxylic acids is 1. The normalized spacial score (nSPS) is 17.5. The molecule has 8 heteroatoms. The van der Waals surface area contributed by atoms with E-state index in [1.807, 2.05) is 6.07 Å². The molecule has 0 bridgehead atoms. The lowest BCUT2D eigenvalue weighted by molar-refractivity contribution is -0.122. The predicted octanol–water partition coefficient (Wildman–Crippen LogP) is -0.276. The van der Waals surface area contributed by atoms with Gasteiger partial charge in [-0.15, -0.1) is 0 Å². The molecule has 116 valence electrons. The van der Waals surface area contributed by atoms with E-state index in [4.69, 9.17) is 4.74 Å². The zero-order valence-corrected chi connectivity index (χ0v) is 12.0. The standard InChI is InChI=1S/C14H17N5O3/c20-13(15-9-12-7-4-8-22-12)10-18-14(21)19(17-16-18)11-5-2-1-3-6-11/h1-3,5-6,12H,4,7-10H2,(H,15,20)/t12-/m1/s1. The monoisotopic (exact) mass is 303 g/mol. The topological polar surface area (TPSA) is 91.0 Å². The Kier molecular flexibility index (Phi) is 4.29. The van der Waals surface area contributed by atoms with Gasteiger partial charge in [0, 0.05) is 13.2 Å². The zero-order chi connectivity index (χ0) is 15.4. The van der Waals surface area contributed by atoms with E-state index in [0.29, 0.717) is 12.2 Å². The smallest absolute Gasteiger partial charge is 0.368 e. The van der Waals surface area contributed by atoms with E-state index in [1.165, 1.54) is 0 Å². The Morgan fingerprint density at radius 1 is 1.32 bits per heavy atom. The number of tetrazole rings is 1. The quantitative estimate of drug-likeness (QED) is 0.820. The summed E-state index contributed by atoms with van der Waals surface area (Å²) >= 11 is 0. The molecule has 2 heterocycles. The van der Waals surface area contributed by atoms with E-state index >= 15 is 0 Å². The molecule has 0 saturated carbocycles. The van der Waals surface area contributed by atoms with Crippen LogP contribution in [0.2, 0.25) is 0 Å². The number of nitrogens with one attached hydrogen (secondary N) is 1. The third-order valence-electron chi connectivity index (χ3n) is 3.48. The Labute approximate surface area is 126 Å². The van der Waals surface area contributed by atoms with Gasteiger partial charge in [0.1, 0.15) is 6.54 Å². The lowest BCUT2D eigenvalue weighted by Crippen LogP contribution is -2.37. The van der Waals surface area contributed by atoms with Crippen molar-refractivity contribution in [3.8, 4) is 5.69 Å². The summed E-state index contributed by atoms with van der Waals surface area (Å²) in [5, 5.41) is 10.3. The van der Waals surface area contributed by atoms with Crippen molar-refractivity contribution in [3.63, 3.8) is 0 Å². The van der Waals surface area contributed by atoms with Gasteiger partial charge in [-0.2, -0.15) is 9.36 Å². The van der Waals surface area contributed by atoms with E-state index in [1.54, 1.807) is 24.3 Å². The number of amides is 1. The van der Waals surface area contributed by atoms with Crippen LogP contribution in [0, 0.1) is 0 Å². The minimum Gasteiger partial charge on any atom is -0.376 e. The summed E-state index contributed by atoms with van der Waals surface area (Å²) in [5.41, 5.74) is 0.164. The average Bonchev–Trinajstić information content (AvgIpc) is 3.17. The largest absolute Gasteiger partial charge is 0.376 e. The van der Waals surface area contributed by atoms with Crippen molar-refractivity contribution < 1.29 is 9.53 Å². The lowest BCUT2D eigenvalue weighted by atomic mass is 10.2. The molecule has 1 N–H and O–H groups in total. The molecule has 2 aromatic rings. The summed E-state index contributed by atoms with van der Waals surface area (Å²) in [6.07, 6.45) is 2.04. The van der Waals surface area contributed by atoms with Crippen molar-refractivity contribution in [3.05, 3.63) is 40.8 Å². The number of hydrogen-bond acceptors (Lipinski definition) is 5. The van der Waals surface area contributed by atoms with E-state index < -0.39 is 5.69 Å². The Hall–Kier alpha value is -2.48. The molecule has 0 spiro atoms. The van der Waals surface area contributed by atoms with Gasteiger partial charge < -0.3 is 10.1 Å². The SMILES string of the molecule is O=C(Cn1nnn(-c2ccccc2)c1=O)NC[C@H]1CCCO1. The van der Waals surface area contributed by atoms with Crippen molar-refractivity contribution in [1.82, 2.24) is 25.1 Å². The highest BCUT2D eigenvalue weighted by molar-refractivity contribution is 5.75. The lowest BCUT2D eigenvalue weighted by Gasteiger charge is -2.10. The molecule has 22 heavy (non-hydrogen) atoms. The number of hydrogen-bond donors (Lipinski definition) is 1. The molecule has 1 aliphatic heterocycles. The second kappa shape index (κ2) is 6.52. The third kappa shape index (κ3) is 3.22. The van der Waals surface area contributed by atoms with Crippen molar-refractivity contribution in [2.75, 3.05) is 13.2 Å². The summed E-state index contributed by atoms with van der Waals surface area (Å²) in [7, 11) is 0. The Bertz CT molecular complexity index is 688. The van der Waals surface area contributed by atoms with Crippen LogP contribution in [0.1, 0.15) is 12.8 Å². The number of nitrogens with zero attached hydrogens (tertiary/aromatic N) is 4. The van der Waals surface area contributed by atoms with Gasteiger partial charge >= 0.3 is 5.69 Å². The molecule has 0 aliphatic carbocycles. The molecule has 1 atom stereocenters. The molecular formula is C14H17N5O3. The van der Waals surface area contributed by atoms with Gasteiger partial charge in [0.15, 0.2) is 0 Å². The second-order valence-electron chi connectivity index (χ2n) is 5.11. The third-order valence-corrected chi connectivity index (χ3v) is 3.48. The molecule has 0 unspecified atom stereocenters. The summed E-state index contributed by atoms with van der Waals surface area (Å²) in [6, 6.07) is 8.94. The van der Waals surface area contributed by atoms with Gasteiger partial charge in [-0.1, -0.05) is 18.2 Å². The van der Waals surface area contributed by atoms with Crippen LogP contribution in [0.4, 0.5) is 0 Å². The van der Waals surface area contributed by atoms with Crippen LogP contribution in [-0.4, -0.2) is 45.0 Å². The van der Waals surface area contributed by atoms with Gasteiger partial charge in [0.25, 0.3) is 0 Å². The predicted molar refractivity (Wildman–Crippen MR) is 77.6 cm³/mol. The molecule has 1 aromatic heterocycles. The summed E-state index contributed by atoms with van der Waals surface area (Å²) < 4.78 is 7.62. The van der Waals surface area contributed by atoms with Gasteiger partial charge in [-0.3, -0.25) is 4.79 Å². The number of rotatable bonds is 5. The fourth-order valence-electron chi connectivity index (χ4n) is 2.33. The van der Waals surface area contributed by atoms with Crippen molar-refractivity contribution >= 4 is 5.91 Å². The van der Waals surface area contributed by atoms with E-state index in [2.05, 4.69) is 15.7 Å². The van der Waals surface area contributed by atoms with E-state index in [-0.39, 0.29) is 18.6 Å². The van der Waals surface area contributed by atoms with Crippen molar-refractivity contribution in [2.45, 2.75) is 25.5 Å². The number of aromatic nitrogens is 4. The van der Waals surface area contributed by atoms with Crippen molar-refractivity contribution in [2.24, 2.45) is 0 Å². The molecule has 1 amide bonds. The molecule has 0 radical (unpaired) electrons. The van der Waals surface area contributed by atoms with Crippen LogP contribution in [0.5, 0.6) is 0 Å². The van der Waals surface area contributed by atoms with Crippen LogP contribution in [0.15, 0.2) is 35.1 Å². The first-order valence-electron chi connectivity index (χ1n) is 7.20. The highest BCUT2D eigenvalue weighted by atomic mass is 16.5. The minimum absolute atomic E-state index is 0.0701. The first kappa shape index (κ1) is 14.5. The Morgan fingerprint density at radius 2 is 2.14 bits per heavy atom. The molecule has 8 nitrogen and oxygen atoms in total.